The Morgan fingerprint density at radius 1 is 1.30 bits per heavy atom. The number of fused-ring (bicyclic) bond motifs is 1. The molecule has 3 rings (SSSR count). The van der Waals surface area contributed by atoms with Crippen LogP contribution in [0.25, 0.3) is 0 Å². The molecule has 9 heteroatoms. The second-order valence-corrected chi connectivity index (χ2v) is 6.76. The molecule has 7 nitrogen and oxygen atoms in total. The molecule has 1 saturated heterocycles. The van der Waals surface area contributed by atoms with E-state index in [2.05, 4.69) is 5.32 Å². The number of rotatable bonds is 7. The lowest BCUT2D eigenvalue weighted by atomic mass is 10.0. The average molecular weight is 380 g/mol. The van der Waals surface area contributed by atoms with Gasteiger partial charge in [-0.2, -0.15) is 0 Å². The maximum atomic E-state index is 12.8. The molecule has 1 fully saturated rings. The largest absolute Gasteiger partial charge is 0.329 e. The highest BCUT2D eigenvalue weighted by Gasteiger charge is 2.39. The number of carbonyl (C=O) groups excluding carboxylic acids is 3. The van der Waals surface area contributed by atoms with Crippen LogP contribution in [0, 0.1) is 0 Å². The van der Waals surface area contributed by atoms with E-state index in [1.807, 2.05) is 0 Å². The van der Waals surface area contributed by atoms with Crippen molar-refractivity contribution in [2.75, 3.05) is 19.6 Å². The van der Waals surface area contributed by atoms with Crippen molar-refractivity contribution in [3.63, 3.8) is 0 Å². The first-order chi connectivity index (χ1) is 12.9. The van der Waals surface area contributed by atoms with Crippen molar-refractivity contribution >= 4 is 17.7 Å². The summed E-state index contributed by atoms with van der Waals surface area (Å²) in [5.74, 6) is -1.09. The predicted molar refractivity (Wildman–Crippen MR) is 92.8 cm³/mol. The number of nitrogens with zero attached hydrogens (tertiary/aromatic N) is 2. The van der Waals surface area contributed by atoms with E-state index in [4.69, 9.17) is 5.73 Å². The van der Waals surface area contributed by atoms with Gasteiger partial charge in [-0.1, -0.05) is 12.1 Å². The van der Waals surface area contributed by atoms with Crippen LogP contribution in [0.3, 0.4) is 0 Å². The molecule has 0 bridgehead atoms. The number of amides is 3. The number of nitrogens with two attached hydrogens (primary N) is 1. The maximum absolute atomic E-state index is 12.8. The molecule has 0 saturated carbocycles. The van der Waals surface area contributed by atoms with Gasteiger partial charge in [0.15, 0.2) is 0 Å². The molecule has 146 valence electrons. The van der Waals surface area contributed by atoms with Gasteiger partial charge in [-0.3, -0.25) is 24.6 Å². The number of hydrogen-bond acceptors (Lipinski definition) is 5. The summed E-state index contributed by atoms with van der Waals surface area (Å²) < 4.78 is 25.6. The lowest BCUT2D eigenvalue weighted by Crippen LogP contribution is -2.52. The fraction of sp³-hybridized carbons (Fsp3) is 0.500. The molecule has 2 aliphatic rings. The summed E-state index contributed by atoms with van der Waals surface area (Å²) in [5.41, 5.74) is 7.50. The van der Waals surface area contributed by atoms with Gasteiger partial charge in [0.05, 0.1) is 6.54 Å². The van der Waals surface area contributed by atoms with Gasteiger partial charge in [0.2, 0.25) is 11.8 Å². The maximum Gasteiger partial charge on any atom is 0.255 e. The summed E-state index contributed by atoms with van der Waals surface area (Å²) in [5, 5.41) is 2.26. The Bertz CT molecular complexity index is 756. The van der Waals surface area contributed by atoms with Gasteiger partial charge in [0, 0.05) is 38.2 Å². The third-order valence-corrected chi connectivity index (χ3v) is 4.91. The van der Waals surface area contributed by atoms with Crippen LogP contribution in [-0.2, 0) is 22.7 Å². The van der Waals surface area contributed by atoms with Gasteiger partial charge in [-0.25, -0.2) is 8.78 Å². The van der Waals surface area contributed by atoms with Crippen molar-refractivity contribution in [3.05, 3.63) is 34.9 Å². The fourth-order valence-corrected chi connectivity index (χ4v) is 3.65. The number of benzene rings is 1. The van der Waals surface area contributed by atoms with Gasteiger partial charge in [0.1, 0.15) is 6.04 Å². The van der Waals surface area contributed by atoms with Gasteiger partial charge in [0.25, 0.3) is 12.3 Å². The fourth-order valence-electron chi connectivity index (χ4n) is 3.65. The molecule has 1 aromatic rings. The molecule has 0 aromatic heterocycles. The Morgan fingerprint density at radius 2 is 2.07 bits per heavy atom. The van der Waals surface area contributed by atoms with Crippen molar-refractivity contribution in [1.29, 1.82) is 0 Å². The molecule has 2 heterocycles. The highest BCUT2D eigenvalue weighted by atomic mass is 19.3. The van der Waals surface area contributed by atoms with E-state index in [1.165, 1.54) is 4.90 Å². The summed E-state index contributed by atoms with van der Waals surface area (Å²) in [4.78, 5) is 39.3. The molecule has 27 heavy (non-hydrogen) atoms. The van der Waals surface area contributed by atoms with Crippen molar-refractivity contribution < 1.29 is 23.2 Å². The summed E-state index contributed by atoms with van der Waals surface area (Å²) in [6.07, 6.45) is -2.01. The van der Waals surface area contributed by atoms with Crippen molar-refractivity contribution in [2.24, 2.45) is 5.73 Å². The minimum absolute atomic E-state index is 0.183. The summed E-state index contributed by atoms with van der Waals surface area (Å²) in [7, 11) is 0. The molecule has 3 amide bonds. The Hall–Kier alpha value is -2.39. The SMILES string of the molecule is NCCN(Cc1cccc2c1CN(C1CCC(=O)NC1=O)C2=O)CC(F)F. The number of halogens is 2. The smallest absolute Gasteiger partial charge is 0.255 e. The first kappa shape index (κ1) is 19.4. The van der Waals surface area contributed by atoms with Crippen LogP contribution in [-0.4, -0.2) is 59.6 Å². The molecule has 0 aliphatic carbocycles. The van der Waals surface area contributed by atoms with Crippen LogP contribution < -0.4 is 11.1 Å². The van der Waals surface area contributed by atoms with Crippen LogP contribution in [0.1, 0.15) is 34.3 Å². The third-order valence-electron chi connectivity index (χ3n) is 4.91. The minimum Gasteiger partial charge on any atom is -0.329 e. The zero-order valence-electron chi connectivity index (χ0n) is 14.8. The van der Waals surface area contributed by atoms with Crippen molar-refractivity contribution in [1.82, 2.24) is 15.1 Å². The van der Waals surface area contributed by atoms with E-state index < -0.39 is 24.9 Å². The lowest BCUT2D eigenvalue weighted by Gasteiger charge is -2.29. The van der Waals surface area contributed by atoms with Gasteiger partial charge < -0.3 is 10.6 Å². The molecule has 0 radical (unpaired) electrons. The average Bonchev–Trinajstić information content (AvgIpc) is 2.93. The highest BCUT2D eigenvalue weighted by molar-refractivity contribution is 6.05. The zero-order valence-corrected chi connectivity index (χ0v) is 14.8. The number of alkyl halides is 2. The Balaban J connectivity index is 1.81. The van der Waals surface area contributed by atoms with Crippen LogP contribution in [0.5, 0.6) is 0 Å². The molecular weight excluding hydrogens is 358 g/mol. The van der Waals surface area contributed by atoms with Crippen molar-refractivity contribution in [2.45, 2.75) is 38.4 Å². The van der Waals surface area contributed by atoms with E-state index >= 15 is 0 Å². The van der Waals surface area contributed by atoms with Crippen LogP contribution in [0.2, 0.25) is 0 Å². The number of nitrogens with one attached hydrogen (secondary N) is 1. The van der Waals surface area contributed by atoms with Crippen molar-refractivity contribution in [3.8, 4) is 0 Å². The Kier molecular flexibility index (Phi) is 5.81. The molecule has 3 N–H and O–H groups in total. The number of carbonyl (C=O) groups is 3. The van der Waals surface area contributed by atoms with Crippen LogP contribution in [0.15, 0.2) is 18.2 Å². The molecule has 0 spiro atoms. The second-order valence-electron chi connectivity index (χ2n) is 6.76. The molecule has 1 aromatic carbocycles. The van der Waals surface area contributed by atoms with E-state index in [0.29, 0.717) is 12.1 Å². The monoisotopic (exact) mass is 380 g/mol. The van der Waals surface area contributed by atoms with E-state index in [0.717, 1.165) is 11.1 Å². The van der Waals surface area contributed by atoms with E-state index in [-0.39, 0.29) is 44.3 Å². The molecule has 2 aliphatic heterocycles. The summed E-state index contributed by atoms with van der Waals surface area (Å²) >= 11 is 0. The molecular formula is C18H22F2N4O3. The third kappa shape index (κ3) is 4.14. The first-order valence-electron chi connectivity index (χ1n) is 8.86. The van der Waals surface area contributed by atoms with Gasteiger partial charge in [-0.05, 0) is 23.6 Å². The number of imide groups is 1. The zero-order chi connectivity index (χ0) is 19.6. The Morgan fingerprint density at radius 3 is 2.74 bits per heavy atom. The first-order valence-corrected chi connectivity index (χ1v) is 8.86. The normalized spacial score (nSPS) is 19.8. The Labute approximate surface area is 155 Å². The lowest BCUT2D eigenvalue weighted by molar-refractivity contribution is -0.136. The quantitative estimate of drug-likeness (QED) is 0.671. The second kappa shape index (κ2) is 8.10. The number of hydrogen-bond donors (Lipinski definition) is 2. The molecule has 1 unspecified atom stereocenters. The number of piperidine rings is 1. The van der Waals surface area contributed by atoms with Crippen LogP contribution >= 0.6 is 0 Å². The van der Waals surface area contributed by atoms with Gasteiger partial charge >= 0.3 is 0 Å². The topological polar surface area (TPSA) is 95.7 Å². The summed E-state index contributed by atoms with van der Waals surface area (Å²) in [6, 6.07) is 4.49. The van der Waals surface area contributed by atoms with E-state index in [9.17, 15) is 23.2 Å². The van der Waals surface area contributed by atoms with Gasteiger partial charge in [-0.15, -0.1) is 0 Å². The molecule has 1 atom stereocenters. The van der Waals surface area contributed by atoms with Crippen LogP contribution in [0.4, 0.5) is 8.78 Å². The summed E-state index contributed by atoms with van der Waals surface area (Å²) in [6.45, 7) is 0.649. The highest BCUT2D eigenvalue weighted by Crippen LogP contribution is 2.30. The predicted octanol–water partition coefficient (Wildman–Crippen LogP) is 0.473. The van der Waals surface area contributed by atoms with E-state index in [1.54, 1.807) is 23.1 Å². The minimum atomic E-state index is -2.48. The standard InChI is InChI=1S/C18H22F2N4O3/c19-15(20)10-23(7-6-21)8-11-2-1-3-12-13(11)9-24(18(12)27)14-4-5-16(25)22-17(14)26/h1-3,14-15H,4-10,21H2,(H,22,25,26).